The maximum atomic E-state index is 11.7. The Morgan fingerprint density at radius 3 is 2.85 bits per heavy atom. The molecule has 3 heteroatoms. The number of aryl methyl sites for hydroxylation is 2. The summed E-state index contributed by atoms with van der Waals surface area (Å²) < 4.78 is 5.20. The van der Waals surface area contributed by atoms with Crippen LogP contribution in [0.3, 0.4) is 0 Å². The second-order valence-corrected chi connectivity index (χ2v) is 4.81. The molecule has 0 saturated carbocycles. The molecule has 0 radical (unpaired) electrons. The third-order valence-corrected chi connectivity index (χ3v) is 3.09. The molecule has 1 amide bonds. The van der Waals surface area contributed by atoms with E-state index in [0.717, 1.165) is 11.3 Å². The number of hydrogen-bond acceptors (Lipinski definition) is 2. The zero-order chi connectivity index (χ0) is 14.4. The summed E-state index contributed by atoms with van der Waals surface area (Å²) in [4.78, 5) is 11.7. The largest absolute Gasteiger partial charge is 0.469 e. The van der Waals surface area contributed by atoms with Crippen LogP contribution in [0.15, 0.2) is 47.1 Å². The molecule has 1 aromatic heterocycles. The lowest BCUT2D eigenvalue weighted by atomic mass is 10.1. The zero-order valence-corrected chi connectivity index (χ0v) is 11.8. The normalized spacial score (nSPS) is 10.9. The maximum absolute atomic E-state index is 11.7. The van der Waals surface area contributed by atoms with Gasteiger partial charge in [0.15, 0.2) is 0 Å². The number of benzene rings is 1. The minimum absolute atomic E-state index is 0.0865. The minimum atomic E-state index is -0.0865. The molecular weight excluding hydrogens is 250 g/mol. The van der Waals surface area contributed by atoms with Crippen molar-refractivity contribution in [3.8, 4) is 0 Å². The highest BCUT2D eigenvalue weighted by Gasteiger charge is 1.99. The molecule has 2 rings (SSSR count). The summed E-state index contributed by atoms with van der Waals surface area (Å²) in [7, 11) is 0. The predicted molar refractivity (Wildman–Crippen MR) is 80.4 cm³/mol. The van der Waals surface area contributed by atoms with E-state index in [4.69, 9.17) is 4.42 Å². The molecule has 1 heterocycles. The van der Waals surface area contributed by atoms with E-state index < -0.39 is 0 Å². The van der Waals surface area contributed by atoms with Crippen molar-refractivity contribution >= 4 is 12.0 Å². The van der Waals surface area contributed by atoms with Crippen LogP contribution in [-0.4, -0.2) is 12.5 Å². The van der Waals surface area contributed by atoms with Gasteiger partial charge in [-0.25, -0.2) is 0 Å². The van der Waals surface area contributed by atoms with Crippen LogP contribution < -0.4 is 5.32 Å². The number of hydrogen-bond donors (Lipinski definition) is 1. The van der Waals surface area contributed by atoms with Gasteiger partial charge < -0.3 is 9.73 Å². The maximum Gasteiger partial charge on any atom is 0.244 e. The van der Waals surface area contributed by atoms with Gasteiger partial charge >= 0.3 is 0 Å². The first-order chi connectivity index (χ1) is 9.65. The number of nitrogens with one attached hydrogen (secondary N) is 1. The second-order valence-electron chi connectivity index (χ2n) is 4.81. The van der Waals surface area contributed by atoms with E-state index in [1.165, 1.54) is 11.1 Å². The molecule has 1 N–H and O–H groups in total. The summed E-state index contributed by atoms with van der Waals surface area (Å²) in [5.74, 6) is 0.792. The van der Waals surface area contributed by atoms with Gasteiger partial charge in [0.2, 0.25) is 5.91 Å². The minimum Gasteiger partial charge on any atom is -0.469 e. The average molecular weight is 269 g/mol. The van der Waals surface area contributed by atoms with Crippen LogP contribution in [0, 0.1) is 13.8 Å². The molecule has 0 unspecified atom stereocenters. The Hall–Kier alpha value is -2.29. The first-order valence-corrected chi connectivity index (χ1v) is 6.71. The Morgan fingerprint density at radius 2 is 2.15 bits per heavy atom. The average Bonchev–Trinajstić information content (AvgIpc) is 2.91. The second kappa shape index (κ2) is 6.75. The lowest BCUT2D eigenvalue weighted by molar-refractivity contribution is -0.116. The van der Waals surface area contributed by atoms with Crippen molar-refractivity contribution in [2.45, 2.75) is 20.3 Å². The van der Waals surface area contributed by atoms with Crippen LogP contribution in [-0.2, 0) is 11.2 Å². The van der Waals surface area contributed by atoms with E-state index in [9.17, 15) is 4.79 Å². The Bertz CT molecular complexity index is 597. The summed E-state index contributed by atoms with van der Waals surface area (Å²) in [5.41, 5.74) is 3.46. The van der Waals surface area contributed by atoms with Gasteiger partial charge in [-0.15, -0.1) is 0 Å². The van der Waals surface area contributed by atoms with E-state index in [-0.39, 0.29) is 5.91 Å². The summed E-state index contributed by atoms with van der Waals surface area (Å²) >= 11 is 0. The molecule has 1 aromatic carbocycles. The fourth-order valence-electron chi connectivity index (χ4n) is 2.00. The summed E-state index contributed by atoms with van der Waals surface area (Å²) in [6.45, 7) is 4.67. The molecule has 0 fully saturated rings. The monoisotopic (exact) mass is 269 g/mol. The molecule has 3 nitrogen and oxygen atoms in total. The van der Waals surface area contributed by atoms with E-state index in [2.05, 4.69) is 18.3 Å². The van der Waals surface area contributed by atoms with Crippen LogP contribution in [0.5, 0.6) is 0 Å². The van der Waals surface area contributed by atoms with Crippen molar-refractivity contribution in [1.29, 1.82) is 0 Å². The molecule has 0 aliphatic rings. The molecule has 0 atom stereocenters. The molecule has 0 bridgehead atoms. The van der Waals surface area contributed by atoms with Crippen molar-refractivity contribution in [2.24, 2.45) is 0 Å². The smallest absolute Gasteiger partial charge is 0.244 e. The number of rotatable bonds is 5. The highest BCUT2D eigenvalue weighted by molar-refractivity contribution is 5.91. The summed E-state index contributed by atoms with van der Waals surface area (Å²) in [6, 6.07) is 9.92. The number of carbonyl (C=O) groups excluding carboxylic acids is 1. The lowest BCUT2D eigenvalue weighted by Gasteiger charge is -2.02. The number of amides is 1. The molecule has 2 aromatic rings. The molecule has 20 heavy (non-hydrogen) atoms. The van der Waals surface area contributed by atoms with Crippen molar-refractivity contribution in [1.82, 2.24) is 5.32 Å². The number of furan rings is 1. The van der Waals surface area contributed by atoms with Gasteiger partial charge in [0.25, 0.3) is 0 Å². The highest BCUT2D eigenvalue weighted by Crippen LogP contribution is 2.11. The lowest BCUT2D eigenvalue weighted by Crippen LogP contribution is -2.23. The Morgan fingerprint density at radius 1 is 1.30 bits per heavy atom. The van der Waals surface area contributed by atoms with E-state index >= 15 is 0 Å². The third kappa shape index (κ3) is 4.12. The fourth-order valence-corrected chi connectivity index (χ4v) is 2.00. The molecular formula is C17H19NO2. The molecule has 0 spiro atoms. The molecule has 0 saturated heterocycles. The van der Waals surface area contributed by atoms with E-state index in [1.54, 1.807) is 12.3 Å². The topological polar surface area (TPSA) is 42.2 Å². The fraction of sp³-hybridized carbons (Fsp3) is 0.235. The van der Waals surface area contributed by atoms with Crippen molar-refractivity contribution in [3.63, 3.8) is 0 Å². The van der Waals surface area contributed by atoms with Gasteiger partial charge in [-0.2, -0.15) is 0 Å². The van der Waals surface area contributed by atoms with Gasteiger partial charge in [-0.3, -0.25) is 4.79 Å². The number of carbonyl (C=O) groups is 1. The Labute approximate surface area is 119 Å². The van der Waals surface area contributed by atoms with Crippen molar-refractivity contribution in [3.05, 3.63) is 65.1 Å². The Kier molecular flexibility index (Phi) is 4.77. The van der Waals surface area contributed by atoms with E-state index in [1.807, 2.05) is 37.3 Å². The first-order valence-electron chi connectivity index (χ1n) is 6.71. The summed E-state index contributed by atoms with van der Waals surface area (Å²) in [5, 5.41) is 2.84. The van der Waals surface area contributed by atoms with Crippen molar-refractivity contribution in [2.75, 3.05) is 6.54 Å². The Balaban J connectivity index is 1.83. The molecule has 104 valence electrons. The van der Waals surface area contributed by atoms with Crippen LogP contribution >= 0.6 is 0 Å². The summed E-state index contributed by atoms with van der Waals surface area (Å²) in [6.07, 6.45) is 5.75. The van der Waals surface area contributed by atoms with Crippen molar-refractivity contribution < 1.29 is 9.21 Å². The van der Waals surface area contributed by atoms with Crippen LogP contribution in [0.25, 0.3) is 6.08 Å². The highest BCUT2D eigenvalue weighted by atomic mass is 16.3. The SMILES string of the molecule is Cc1ccc(/C=C/C(=O)NCCc2ccco2)c(C)c1. The predicted octanol–water partition coefficient (Wildman–Crippen LogP) is 3.27. The van der Waals surface area contributed by atoms with Gasteiger partial charge in [-0.05, 0) is 43.2 Å². The van der Waals surface area contributed by atoms with Gasteiger partial charge in [0.1, 0.15) is 5.76 Å². The zero-order valence-electron chi connectivity index (χ0n) is 11.8. The van der Waals surface area contributed by atoms with E-state index in [0.29, 0.717) is 13.0 Å². The van der Waals surface area contributed by atoms with Crippen LogP contribution in [0.4, 0.5) is 0 Å². The van der Waals surface area contributed by atoms with Gasteiger partial charge in [0, 0.05) is 19.0 Å². The van der Waals surface area contributed by atoms with Gasteiger partial charge in [-0.1, -0.05) is 23.8 Å². The van der Waals surface area contributed by atoms with Gasteiger partial charge in [0.05, 0.1) is 6.26 Å². The molecule has 0 aliphatic carbocycles. The van der Waals surface area contributed by atoms with Crippen LogP contribution in [0.2, 0.25) is 0 Å². The first kappa shape index (κ1) is 14.1. The van der Waals surface area contributed by atoms with Crippen LogP contribution in [0.1, 0.15) is 22.5 Å². The third-order valence-electron chi connectivity index (χ3n) is 3.09. The molecule has 0 aliphatic heterocycles. The standard InChI is InChI=1S/C17H19NO2/c1-13-5-6-15(14(2)12-13)7-8-17(19)18-10-9-16-4-3-11-20-16/h3-8,11-12H,9-10H2,1-2H3,(H,18,19)/b8-7+. The quantitative estimate of drug-likeness (QED) is 0.846.